The standard InChI is InChI=1S/C17H13BrN4O5/c1-2-20(13-7-6-10(18)8-19-13)14(23)9-21-16(24)11-4-3-5-12(22(26)27)15(11)17(21)25/h3-8H,2,9H2,1H3. The molecule has 0 radical (unpaired) electrons. The molecular formula is C17H13BrN4O5. The molecule has 0 N–H and O–H groups in total. The summed E-state index contributed by atoms with van der Waals surface area (Å²) in [5.41, 5.74) is -0.820. The summed E-state index contributed by atoms with van der Waals surface area (Å²) in [7, 11) is 0. The topological polar surface area (TPSA) is 114 Å². The van der Waals surface area contributed by atoms with Crippen LogP contribution in [-0.4, -0.2) is 45.6 Å². The van der Waals surface area contributed by atoms with E-state index in [1.54, 1.807) is 19.1 Å². The Morgan fingerprint density at radius 1 is 1.26 bits per heavy atom. The van der Waals surface area contributed by atoms with Crippen LogP contribution in [0.3, 0.4) is 0 Å². The number of benzene rings is 1. The minimum Gasteiger partial charge on any atom is -0.296 e. The average molecular weight is 433 g/mol. The Bertz CT molecular complexity index is 960. The summed E-state index contributed by atoms with van der Waals surface area (Å²) in [5.74, 6) is -1.74. The number of fused-ring (bicyclic) bond motifs is 1. The smallest absolute Gasteiger partial charge is 0.282 e. The molecule has 2 aromatic rings. The SMILES string of the molecule is CCN(C(=O)CN1C(=O)c2cccc([N+](=O)[O-])c2C1=O)c1ccc(Br)cn1. The van der Waals surface area contributed by atoms with E-state index in [9.17, 15) is 24.5 Å². The van der Waals surface area contributed by atoms with Crippen LogP contribution in [-0.2, 0) is 4.79 Å². The first-order chi connectivity index (χ1) is 12.8. The molecule has 3 rings (SSSR count). The van der Waals surface area contributed by atoms with Crippen molar-refractivity contribution in [2.45, 2.75) is 6.92 Å². The summed E-state index contributed by atoms with van der Waals surface area (Å²) in [6.45, 7) is 1.47. The maximum absolute atomic E-state index is 12.7. The lowest BCUT2D eigenvalue weighted by Gasteiger charge is -2.22. The quantitative estimate of drug-likeness (QED) is 0.407. The molecule has 0 spiro atoms. The molecule has 0 atom stereocenters. The Morgan fingerprint density at radius 3 is 2.59 bits per heavy atom. The first-order valence-electron chi connectivity index (χ1n) is 7.90. The number of amides is 3. The number of aromatic nitrogens is 1. The minimum absolute atomic E-state index is 0.0770. The maximum Gasteiger partial charge on any atom is 0.282 e. The lowest BCUT2D eigenvalue weighted by atomic mass is 10.1. The molecule has 0 fully saturated rings. The van der Waals surface area contributed by atoms with Crippen LogP contribution >= 0.6 is 15.9 Å². The highest BCUT2D eigenvalue weighted by molar-refractivity contribution is 9.10. The van der Waals surface area contributed by atoms with Gasteiger partial charge in [-0.15, -0.1) is 0 Å². The van der Waals surface area contributed by atoms with Gasteiger partial charge in [-0.3, -0.25) is 34.3 Å². The third-order valence-electron chi connectivity index (χ3n) is 4.07. The minimum atomic E-state index is -0.851. The van der Waals surface area contributed by atoms with Crippen molar-refractivity contribution >= 4 is 45.2 Å². The Morgan fingerprint density at radius 2 is 2.00 bits per heavy atom. The molecular weight excluding hydrogens is 420 g/mol. The van der Waals surface area contributed by atoms with Gasteiger partial charge in [-0.25, -0.2) is 4.98 Å². The lowest BCUT2D eigenvalue weighted by molar-refractivity contribution is -0.385. The molecule has 1 aliphatic heterocycles. The van der Waals surface area contributed by atoms with Crippen LogP contribution in [0.5, 0.6) is 0 Å². The van der Waals surface area contributed by atoms with Crippen LogP contribution in [0.25, 0.3) is 0 Å². The predicted molar refractivity (Wildman–Crippen MR) is 98.4 cm³/mol. The molecule has 0 saturated carbocycles. The highest BCUT2D eigenvalue weighted by Gasteiger charge is 2.42. The number of rotatable bonds is 5. The van der Waals surface area contributed by atoms with Crippen LogP contribution in [0.2, 0.25) is 0 Å². The van der Waals surface area contributed by atoms with Crippen molar-refractivity contribution < 1.29 is 19.3 Å². The molecule has 0 unspecified atom stereocenters. The molecule has 1 aromatic heterocycles. The average Bonchev–Trinajstić information content (AvgIpc) is 2.89. The van der Waals surface area contributed by atoms with Gasteiger partial charge in [-0.2, -0.15) is 0 Å². The van der Waals surface area contributed by atoms with Gasteiger partial charge in [0.15, 0.2) is 0 Å². The predicted octanol–water partition coefficient (Wildman–Crippen LogP) is 2.40. The van der Waals surface area contributed by atoms with Crippen molar-refractivity contribution in [1.82, 2.24) is 9.88 Å². The monoisotopic (exact) mass is 432 g/mol. The van der Waals surface area contributed by atoms with Crippen molar-refractivity contribution in [3.05, 3.63) is 62.2 Å². The number of nitro groups is 1. The summed E-state index contributed by atoms with van der Waals surface area (Å²) in [5, 5.41) is 11.1. The highest BCUT2D eigenvalue weighted by atomic mass is 79.9. The number of halogens is 1. The third kappa shape index (κ3) is 3.31. The summed E-state index contributed by atoms with van der Waals surface area (Å²) in [4.78, 5) is 54.3. The van der Waals surface area contributed by atoms with Crippen LogP contribution < -0.4 is 4.90 Å². The number of hydrogen-bond donors (Lipinski definition) is 0. The van der Waals surface area contributed by atoms with E-state index < -0.39 is 34.9 Å². The number of carbonyl (C=O) groups excluding carboxylic acids is 3. The number of carbonyl (C=O) groups is 3. The number of imide groups is 1. The van der Waals surface area contributed by atoms with E-state index in [1.165, 1.54) is 23.2 Å². The largest absolute Gasteiger partial charge is 0.296 e. The molecule has 0 bridgehead atoms. The van der Waals surface area contributed by atoms with Crippen molar-refractivity contribution in [3.8, 4) is 0 Å². The second-order valence-corrected chi connectivity index (χ2v) is 6.54. The second kappa shape index (κ2) is 7.23. The van der Waals surface area contributed by atoms with Gasteiger partial charge in [0.1, 0.15) is 17.9 Å². The fourth-order valence-electron chi connectivity index (χ4n) is 2.83. The summed E-state index contributed by atoms with van der Waals surface area (Å²) in [6, 6.07) is 7.15. The Hall–Kier alpha value is -3.14. The van der Waals surface area contributed by atoms with E-state index in [-0.39, 0.29) is 17.7 Å². The fourth-order valence-corrected chi connectivity index (χ4v) is 3.06. The van der Waals surface area contributed by atoms with E-state index in [1.807, 2.05) is 0 Å². The van der Waals surface area contributed by atoms with Gasteiger partial charge in [0, 0.05) is 23.3 Å². The first-order valence-corrected chi connectivity index (χ1v) is 8.70. The summed E-state index contributed by atoms with van der Waals surface area (Å²) >= 11 is 3.26. The zero-order chi connectivity index (χ0) is 19.7. The number of likely N-dealkylation sites (N-methyl/N-ethyl adjacent to an activating group) is 1. The number of nitrogens with zero attached hydrogens (tertiary/aromatic N) is 4. The van der Waals surface area contributed by atoms with Crippen LogP contribution in [0.15, 0.2) is 41.0 Å². The molecule has 138 valence electrons. The van der Waals surface area contributed by atoms with E-state index in [0.29, 0.717) is 5.82 Å². The molecule has 9 nitrogen and oxygen atoms in total. The molecule has 3 amide bonds. The molecule has 10 heteroatoms. The molecule has 0 aliphatic carbocycles. The van der Waals surface area contributed by atoms with E-state index >= 15 is 0 Å². The molecule has 1 aliphatic rings. The van der Waals surface area contributed by atoms with Crippen molar-refractivity contribution in [3.63, 3.8) is 0 Å². The maximum atomic E-state index is 12.7. The normalized spacial score (nSPS) is 12.9. The Balaban J connectivity index is 1.87. The number of nitro benzene ring substituents is 1. The van der Waals surface area contributed by atoms with Gasteiger partial charge in [-0.05, 0) is 41.1 Å². The fraction of sp³-hybridized carbons (Fsp3) is 0.176. The molecule has 0 saturated heterocycles. The van der Waals surface area contributed by atoms with Gasteiger partial charge in [-0.1, -0.05) is 6.07 Å². The Kier molecular flexibility index (Phi) is 5.00. The third-order valence-corrected chi connectivity index (χ3v) is 4.54. The van der Waals surface area contributed by atoms with Crippen molar-refractivity contribution in [2.75, 3.05) is 18.0 Å². The second-order valence-electron chi connectivity index (χ2n) is 5.63. The van der Waals surface area contributed by atoms with Gasteiger partial charge in [0.2, 0.25) is 5.91 Å². The zero-order valence-electron chi connectivity index (χ0n) is 14.1. The highest BCUT2D eigenvalue weighted by Crippen LogP contribution is 2.30. The number of pyridine rings is 1. The summed E-state index contributed by atoms with van der Waals surface area (Å²) in [6.07, 6.45) is 1.52. The van der Waals surface area contributed by atoms with Crippen molar-refractivity contribution in [2.24, 2.45) is 0 Å². The number of hydrogen-bond acceptors (Lipinski definition) is 6. The van der Waals surface area contributed by atoms with Crippen LogP contribution in [0.1, 0.15) is 27.6 Å². The van der Waals surface area contributed by atoms with Gasteiger partial charge >= 0.3 is 0 Å². The van der Waals surface area contributed by atoms with Gasteiger partial charge in [0.05, 0.1) is 10.5 Å². The molecule has 1 aromatic carbocycles. The van der Waals surface area contributed by atoms with E-state index in [0.717, 1.165) is 15.4 Å². The summed E-state index contributed by atoms with van der Waals surface area (Å²) < 4.78 is 0.738. The first kappa shape index (κ1) is 18.6. The Labute approximate surface area is 161 Å². The van der Waals surface area contributed by atoms with E-state index in [2.05, 4.69) is 20.9 Å². The van der Waals surface area contributed by atoms with Crippen LogP contribution in [0, 0.1) is 10.1 Å². The zero-order valence-corrected chi connectivity index (χ0v) is 15.7. The van der Waals surface area contributed by atoms with Gasteiger partial charge in [0.25, 0.3) is 17.5 Å². The lowest BCUT2D eigenvalue weighted by Crippen LogP contribution is -2.43. The van der Waals surface area contributed by atoms with Crippen LogP contribution in [0.4, 0.5) is 11.5 Å². The van der Waals surface area contributed by atoms with Gasteiger partial charge < -0.3 is 0 Å². The molecule has 27 heavy (non-hydrogen) atoms. The number of anilines is 1. The van der Waals surface area contributed by atoms with E-state index in [4.69, 9.17) is 0 Å². The molecule has 2 heterocycles. The van der Waals surface area contributed by atoms with Crippen molar-refractivity contribution in [1.29, 1.82) is 0 Å².